The summed E-state index contributed by atoms with van der Waals surface area (Å²) in [4.78, 5) is 22.5. The number of alkyl halides is 3. The van der Waals surface area contributed by atoms with Crippen molar-refractivity contribution in [3.8, 4) is 0 Å². The molecule has 2 atom stereocenters. The topological polar surface area (TPSA) is 57.6 Å². The fourth-order valence-corrected chi connectivity index (χ4v) is 3.47. The highest BCUT2D eigenvalue weighted by atomic mass is 32.2. The van der Waals surface area contributed by atoms with Gasteiger partial charge in [-0.15, -0.1) is 11.8 Å². The lowest BCUT2D eigenvalue weighted by Crippen LogP contribution is -2.48. The first-order valence-electron chi connectivity index (χ1n) is 5.81. The maximum Gasteiger partial charge on any atom is 0.471 e. The van der Waals surface area contributed by atoms with E-state index in [2.05, 4.69) is 0 Å². The Labute approximate surface area is 124 Å². The molecule has 1 aliphatic heterocycles. The molecule has 4 nitrogen and oxygen atoms in total. The van der Waals surface area contributed by atoms with Crippen molar-refractivity contribution in [1.29, 1.82) is 0 Å². The monoisotopic (exact) mass is 341 g/mol. The maximum atomic E-state index is 13.7. The smallest absolute Gasteiger partial charge is 0.471 e. The van der Waals surface area contributed by atoms with Crippen LogP contribution in [0.2, 0.25) is 0 Å². The number of halogens is 5. The molecule has 0 radical (unpaired) electrons. The van der Waals surface area contributed by atoms with Crippen molar-refractivity contribution in [3.63, 3.8) is 0 Å². The Bertz CT molecular complexity index is 621. The molecule has 1 aromatic carbocycles. The molecule has 1 heterocycles. The Morgan fingerprint density at radius 2 is 1.91 bits per heavy atom. The maximum absolute atomic E-state index is 13.7. The van der Waals surface area contributed by atoms with Gasteiger partial charge in [0.05, 0.1) is 0 Å². The average molecular weight is 341 g/mol. The van der Waals surface area contributed by atoms with Crippen LogP contribution in [0.1, 0.15) is 10.9 Å². The molecule has 1 N–H and O–H groups in total. The second-order valence-electron chi connectivity index (χ2n) is 4.42. The molecule has 0 aromatic heterocycles. The lowest BCUT2D eigenvalue weighted by atomic mass is 10.1. The number of nitrogens with zero attached hydrogens (tertiary/aromatic N) is 1. The highest BCUT2D eigenvalue weighted by molar-refractivity contribution is 7.99. The van der Waals surface area contributed by atoms with E-state index in [4.69, 9.17) is 5.11 Å². The van der Waals surface area contributed by atoms with Crippen LogP contribution in [0.3, 0.4) is 0 Å². The van der Waals surface area contributed by atoms with Crippen LogP contribution in [0.5, 0.6) is 0 Å². The van der Waals surface area contributed by atoms with Crippen molar-refractivity contribution in [1.82, 2.24) is 4.90 Å². The number of carbonyl (C=O) groups excluding carboxylic acids is 1. The molecule has 0 aliphatic carbocycles. The summed E-state index contributed by atoms with van der Waals surface area (Å²) in [5.41, 5.74) is -0.508. The Balaban J connectivity index is 2.48. The molecule has 1 unspecified atom stereocenters. The lowest BCUT2D eigenvalue weighted by molar-refractivity contribution is -0.189. The summed E-state index contributed by atoms with van der Waals surface area (Å²) < 4.78 is 64.9. The van der Waals surface area contributed by atoms with Crippen molar-refractivity contribution in [2.75, 3.05) is 5.75 Å². The van der Waals surface area contributed by atoms with Crippen molar-refractivity contribution in [2.24, 2.45) is 0 Å². The number of thioether (sulfide) groups is 1. The van der Waals surface area contributed by atoms with Gasteiger partial charge in [-0.05, 0) is 18.2 Å². The number of amides is 1. The van der Waals surface area contributed by atoms with E-state index in [0.29, 0.717) is 23.9 Å². The fourth-order valence-electron chi connectivity index (χ4n) is 2.03. The molecule has 1 aromatic rings. The lowest BCUT2D eigenvalue weighted by Gasteiger charge is -2.28. The molecule has 0 saturated carbocycles. The zero-order valence-electron chi connectivity index (χ0n) is 10.6. The van der Waals surface area contributed by atoms with Gasteiger partial charge in [0.15, 0.2) is 0 Å². The van der Waals surface area contributed by atoms with Gasteiger partial charge in [0.25, 0.3) is 0 Å². The summed E-state index contributed by atoms with van der Waals surface area (Å²) in [5, 5.41) is 7.38. The fraction of sp³-hybridized carbons (Fsp3) is 0.333. The quantitative estimate of drug-likeness (QED) is 0.840. The minimum Gasteiger partial charge on any atom is -0.480 e. The van der Waals surface area contributed by atoms with Crippen LogP contribution in [0, 0.1) is 11.6 Å². The van der Waals surface area contributed by atoms with E-state index in [-0.39, 0.29) is 10.7 Å². The molecular weight excluding hydrogens is 333 g/mol. The van der Waals surface area contributed by atoms with E-state index >= 15 is 0 Å². The summed E-state index contributed by atoms with van der Waals surface area (Å²) in [5.74, 6) is -6.35. The van der Waals surface area contributed by atoms with Crippen LogP contribution in [-0.4, -0.2) is 39.9 Å². The molecule has 120 valence electrons. The van der Waals surface area contributed by atoms with Crippen molar-refractivity contribution >= 4 is 23.6 Å². The van der Waals surface area contributed by atoms with Crippen LogP contribution in [-0.2, 0) is 9.59 Å². The molecule has 0 bridgehead atoms. The van der Waals surface area contributed by atoms with Crippen molar-refractivity contribution < 1.29 is 36.6 Å². The summed E-state index contributed by atoms with van der Waals surface area (Å²) >= 11 is 0.625. The standard InChI is InChI=1S/C12H8F5NO3S/c13-5-1-2-7(14)6(3-5)9-18(11(21)12(15,16)17)8(4-22-9)10(19)20/h1-3,8-9H,4H2,(H,19,20)/t8-,9?/m1/s1. The van der Waals surface area contributed by atoms with Crippen LogP contribution in [0.25, 0.3) is 0 Å². The van der Waals surface area contributed by atoms with Crippen molar-refractivity contribution in [2.45, 2.75) is 17.6 Å². The van der Waals surface area contributed by atoms with Crippen LogP contribution >= 0.6 is 11.8 Å². The molecule has 2 rings (SSSR count). The third-order valence-corrected chi connectivity index (χ3v) is 4.29. The first-order valence-corrected chi connectivity index (χ1v) is 6.86. The first kappa shape index (κ1) is 16.5. The van der Waals surface area contributed by atoms with E-state index in [1.807, 2.05) is 0 Å². The number of hydrogen-bond acceptors (Lipinski definition) is 3. The predicted molar refractivity (Wildman–Crippen MR) is 65.9 cm³/mol. The second-order valence-corrected chi connectivity index (χ2v) is 5.53. The van der Waals surface area contributed by atoms with Gasteiger partial charge in [-0.3, -0.25) is 4.79 Å². The zero-order chi connectivity index (χ0) is 16.7. The summed E-state index contributed by atoms with van der Waals surface area (Å²) in [7, 11) is 0. The molecule has 1 aliphatic rings. The Morgan fingerprint density at radius 3 is 2.45 bits per heavy atom. The largest absolute Gasteiger partial charge is 0.480 e. The number of carboxylic acids is 1. The van der Waals surface area contributed by atoms with E-state index in [9.17, 15) is 31.5 Å². The molecule has 1 amide bonds. The average Bonchev–Trinajstić information content (AvgIpc) is 2.84. The Morgan fingerprint density at radius 1 is 1.27 bits per heavy atom. The molecule has 0 spiro atoms. The van der Waals surface area contributed by atoms with E-state index in [1.54, 1.807) is 0 Å². The van der Waals surface area contributed by atoms with E-state index < -0.39 is 46.7 Å². The number of rotatable bonds is 2. The van der Waals surface area contributed by atoms with Crippen LogP contribution in [0.4, 0.5) is 22.0 Å². The van der Waals surface area contributed by atoms with Gasteiger partial charge in [0.1, 0.15) is 23.1 Å². The van der Waals surface area contributed by atoms with Gasteiger partial charge in [0, 0.05) is 11.3 Å². The molecular formula is C12H8F5NO3S. The Hall–Kier alpha value is -1.84. The number of benzene rings is 1. The minimum absolute atomic E-state index is 0.0326. The molecule has 22 heavy (non-hydrogen) atoms. The number of carbonyl (C=O) groups is 2. The van der Waals surface area contributed by atoms with Gasteiger partial charge in [0.2, 0.25) is 0 Å². The zero-order valence-corrected chi connectivity index (χ0v) is 11.4. The highest BCUT2D eigenvalue weighted by Gasteiger charge is 2.52. The third kappa shape index (κ3) is 3.01. The van der Waals surface area contributed by atoms with E-state index in [1.165, 1.54) is 0 Å². The van der Waals surface area contributed by atoms with Gasteiger partial charge in [-0.2, -0.15) is 13.2 Å². The van der Waals surface area contributed by atoms with E-state index in [0.717, 1.165) is 6.07 Å². The van der Waals surface area contributed by atoms with Crippen LogP contribution < -0.4 is 0 Å². The summed E-state index contributed by atoms with van der Waals surface area (Å²) in [6, 6.07) is 0.346. The minimum atomic E-state index is -5.32. The van der Waals surface area contributed by atoms with Gasteiger partial charge in [-0.25, -0.2) is 13.6 Å². The predicted octanol–water partition coefficient (Wildman–Crippen LogP) is 2.55. The highest BCUT2D eigenvalue weighted by Crippen LogP contribution is 2.44. The first-order chi connectivity index (χ1) is 10.1. The van der Waals surface area contributed by atoms with Crippen molar-refractivity contribution in [3.05, 3.63) is 35.4 Å². The summed E-state index contributed by atoms with van der Waals surface area (Å²) in [6.45, 7) is 0. The van der Waals surface area contributed by atoms with Crippen LogP contribution in [0.15, 0.2) is 18.2 Å². The van der Waals surface area contributed by atoms with Gasteiger partial charge in [-0.1, -0.05) is 0 Å². The number of aliphatic carboxylic acids is 1. The summed E-state index contributed by atoms with van der Waals surface area (Å²) in [6.07, 6.45) is -5.32. The van der Waals surface area contributed by atoms with Gasteiger partial charge >= 0.3 is 18.1 Å². The molecule has 10 heteroatoms. The second kappa shape index (κ2) is 5.75. The SMILES string of the molecule is O=C(O)[C@H]1CSC(c2cc(F)ccc2F)N1C(=O)C(F)(F)F. The van der Waals surface area contributed by atoms with Gasteiger partial charge < -0.3 is 10.0 Å². The molecule has 1 fully saturated rings. The normalized spacial score (nSPS) is 22.0. The molecule has 1 saturated heterocycles. The Kier molecular flexibility index (Phi) is 4.32. The number of carboxylic acid groups (broad SMARTS) is 1. The third-order valence-electron chi connectivity index (χ3n) is 2.99. The number of hydrogen-bond donors (Lipinski definition) is 1.